The first-order chi connectivity index (χ1) is 17.8. The molecule has 0 N–H and O–H groups in total. The number of halogens is 1. The van der Waals surface area contributed by atoms with Crippen LogP contribution < -0.4 is 15.0 Å². The summed E-state index contributed by atoms with van der Waals surface area (Å²) in [7, 11) is 0. The molecule has 2 heterocycles. The van der Waals surface area contributed by atoms with Crippen LogP contribution in [-0.4, -0.2) is 33.7 Å². The Morgan fingerprint density at radius 3 is 2.51 bits per heavy atom. The van der Waals surface area contributed by atoms with Crippen molar-refractivity contribution in [2.75, 3.05) is 13.3 Å². The minimum Gasteiger partial charge on any atom is -0.454 e. The summed E-state index contributed by atoms with van der Waals surface area (Å²) >= 11 is 3.47. The van der Waals surface area contributed by atoms with E-state index in [1.807, 2.05) is 49.4 Å². The number of amides is 1. The second kappa shape index (κ2) is 10.4. The largest absolute Gasteiger partial charge is 0.454 e. The van der Waals surface area contributed by atoms with Gasteiger partial charge in [-0.25, -0.2) is 4.98 Å². The summed E-state index contributed by atoms with van der Waals surface area (Å²) in [6.07, 6.45) is 0.802. The monoisotopic (exact) mass is 561 g/mol. The van der Waals surface area contributed by atoms with Gasteiger partial charge >= 0.3 is 0 Å². The molecule has 1 atom stereocenters. The van der Waals surface area contributed by atoms with E-state index in [0.717, 1.165) is 10.9 Å². The Bertz CT molecular complexity index is 1510. The normalized spacial score (nSPS) is 13.2. The molecule has 7 nitrogen and oxygen atoms in total. The van der Waals surface area contributed by atoms with E-state index in [2.05, 4.69) is 29.8 Å². The van der Waals surface area contributed by atoms with Crippen molar-refractivity contribution in [1.29, 1.82) is 0 Å². The van der Waals surface area contributed by atoms with Crippen LogP contribution in [0.15, 0.2) is 76.0 Å². The SMILES string of the molecule is CC(C)CCN(C(=O)c1ccc2c(c1)OCO2)C(C)c1nc2ccccc2c(=O)n1-c1ccc(Br)cc1. The van der Waals surface area contributed by atoms with Gasteiger partial charge in [-0.1, -0.05) is 41.9 Å². The van der Waals surface area contributed by atoms with Crippen molar-refractivity contribution in [3.63, 3.8) is 0 Å². The third-order valence-electron chi connectivity index (χ3n) is 6.56. The lowest BCUT2D eigenvalue weighted by Crippen LogP contribution is -2.38. The maximum Gasteiger partial charge on any atom is 0.266 e. The molecule has 0 spiro atoms. The molecule has 5 rings (SSSR count). The minimum absolute atomic E-state index is 0.140. The molecule has 8 heteroatoms. The molecule has 1 aliphatic rings. The summed E-state index contributed by atoms with van der Waals surface area (Å²) in [6, 6.07) is 19.6. The van der Waals surface area contributed by atoms with Gasteiger partial charge in [-0.3, -0.25) is 14.2 Å². The quantitative estimate of drug-likeness (QED) is 0.271. The predicted molar refractivity (Wildman–Crippen MR) is 147 cm³/mol. The molecule has 1 aromatic heterocycles. The first-order valence-electron chi connectivity index (χ1n) is 12.3. The van der Waals surface area contributed by atoms with Crippen molar-refractivity contribution in [2.24, 2.45) is 5.92 Å². The summed E-state index contributed by atoms with van der Waals surface area (Å²) in [6.45, 7) is 6.83. The Hall–Kier alpha value is -3.65. The van der Waals surface area contributed by atoms with Gasteiger partial charge < -0.3 is 14.4 Å². The van der Waals surface area contributed by atoms with Crippen LogP contribution in [0.25, 0.3) is 16.6 Å². The Morgan fingerprint density at radius 1 is 1.03 bits per heavy atom. The van der Waals surface area contributed by atoms with Crippen molar-refractivity contribution >= 4 is 32.7 Å². The van der Waals surface area contributed by atoms with Crippen molar-refractivity contribution < 1.29 is 14.3 Å². The number of fused-ring (bicyclic) bond motifs is 2. The molecule has 0 saturated carbocycles. The zero-order valence-corrected chi connectivity index (χ0v) is 22.6. The maximum absolute atomic E-state index is 13.9. The number of nitrogens with zero attached hydrogens (tertiary/aromatic N) is 3. The van der Waals surface area contributed by atoms with Crippen LogP contribution >= 0.6 is 15.9 Å². The molecule has 4 aromatic rings. The zero-order chi connectivity index (χ0) is 26.1. The molecule has 1 amide bonds. The fourth-order valence-electron chi connectivity index (χ4n) is 4.47. The molecule has 37 heavy (non-hydrogen) atoms. The van der Waals surface area contributed by atoms with Crippen LogP contribution in [0.1, 0.15) is 49.4 Å². The molecular weight excluding hydrogens is 534 g/mol. The van der Waals surface area contributed by atoms with Gasteiger partial charge in [-0.2, -0.15) is 0 Å². The van der Waals surface area contributed by atoms with E-state index in [1.54, 1.807) is 33.7 Å². The Balaban J connectivity index is 1.64. The van der Waals surface area contributed by atoms with Gasteiger partial charge in [0, 0.05) is 16.6 Å². The summed E-state index contributed by atoms with van der Waals surface area (Å²) in [4.78, 5) is 34.4. The number of ether oxygens (including phenoxy) is 2. The van der Waals surface area contributed by atoms with Gasteiger partial charge in [0.25, 0.3) is 11.5 Å². The van der Waals surface area contributed by atoms with Crippen LogP contribution in [0, 0.1) is 5.92 Å². The summed E-state index contributed by atoms with van der Waals surface area (Å²) in [5.41, 5.74) is 1.61. The highest BCUT2D eigenvalue weighted by atomic mass is 79.9. The van der Waals surface area contributed by atoms with E-state index in [-0.39, 0.29) is 18.3 Å². The highest BCUT2D eigenvalue weighted by molar-refractivity contribution is 9.10. The summed E-state index contributed by atoms with van der Waals surface area (Å²) < 4.78 is 13.5. The fraction of sp³-hybridized carbons (Fsp3) is 0.276. The number of hydrogen-bond donors (Lipinski definition) is 0. The smallest absolute Gasteiger partial charge is 0.266 e. The predicted octanol–water partition coefficient (Wildman–Crippen LogP) is 6.13. The van der Waals surface area contributed by atoms with Crippen molar-refractivity contribution in [3.8, 4) is 17.2 Å². The molecule has 1 aliphatic heterocycles. The van der Waals surface area contributed by atoms with E-state index in [0.29, 0.717) is 51.9 Å². The zero-order valence-electron chi connectivity index (χ0n) is 21.0. The summed E-state index contributed by atoms with van der Waals surface area (Å²) in [5, 5.41) is 0.525. The second-order valence-corrected chi connectivity index (χ2v) is 10.4. The Labute approximate surface area is 223 Å². The van der Waals surface area contributed by atoms with Crippen LogP contribution in [0.5, 0.6) is 11.5 Å². The average Bonchev–Trinajstić information content (AvgIpc) is 3.37. The first-order valence-corrected chi connectivity index (χ1v) is 13.1. The van der Waals surface area contributed by atoms with E-state index in [9.17, 15) is 9.59 Å². The number of aromatic nitrogens is 2. The first kappa shape index (κ1) is 25.0. The number of carbonyl (C=O) groups is 1. The van der Waals surface area contributed by atoms with E-state index < -0.39 is 6.04 Å². The molecule has 0 fully saturated rings. The van der Waals surface area contributed by atoms with Gasteiger partial charge in [0.2, 0.25) is 6.79 Å². The van der Waals surface area contributed by atoms with Gasteiger partial charge in [-0.15, -0.1) is 0 Å². The fourth-order valence-corrected chi connectivity index (χ4v) is 4.74. The van der Waals surface area contributed by atoms with Gasteiger partial charge in [0.1, 0.15) is 5.82 Å². The summed E-state index contributed by atoms with van der Waals surface area (Å²) in [5.74, 6) is 1.91. The number of benzene rings is 3. The van der Waals surface area contributed by atoms with Crippen LogP contribution in [0.4, 0.5) is 0 Å². The molecular formula is C29H28BrN3O4. The third kappa shape index (κ3) is 4.98. The standard InChI is InChI=1S/C29H28BrN3O4/c1-18(2)14-15-32(28(34)20-8-13-25-26(16-20)37-17-36-25)19(3)27-31-24-7-5-4-6-23(24)29(35)33(27)22-11-9-21(30)10-12-22/h4-13,16,18-19H,14-15,17H2,1-3H3. The minimum atomic E-state index is -0.488. The lowest BCUT2D eigenvalue weighted by atomic mass is 10.1. The van der Waals surface area contributed by atoms with E-state index in [4.69, 9.17) is 14.5 Å². The molecule has 0 aliphatic carbocycles. The number of para-hydroxylation sites is 1. The van der Waals surface area contributed by atoms with Crippen LogP contribution in [0.3, 0.4) is 0 Å². The molecule has 190 valence electrons. The van der Waals surface area contributed by atoms with E-state index >= 15 is 0 Å². The van der Waals surface area contributed by atoms with Crippen molar-refractivity contribution in [1.82, 2.24) is 14.5 Å². The number of rotatable bonds is 7. The maximum atomic E-state index is 13.9. The number of carbonyl (C=O) groups excluding carboxylic acids is 1. The van der Waals surface area contributed by atoms with Crippen molar-refractivity contribution in [2.45, 2.75) is 33.2 Å². The van der Waals surface area contributed by atoms with Gasteiger partial charge in [-0.05, 0) is 73.9 Å². The molecule has 1 unspecified atom stereocenters. The molecule has 0 radical (unpaired) electrons. The average molecular weight is 562 g/mol. The highest BCUT2D eigenvalue weighted by Crippen LogP contribution is 2.34. The topological polar surface area (TPSA) is 73.7 Å². The van der Waals surface area contributed by atoms with Gasteiger partial charge in [0.15, 0.2) is 11.5 Å². The Morgan fingerprint density at radius 2 is 1.76 bits per heavy atom. The highest BCUT2D eigenvalue weighted by Gasteiger charge is 2.29. The lowest BCUT2D eigenvalue weighted by molar-refractivity contribution is 0.0671. The van der Waals surface area contributed by atoms with Crippen molar-refractivity contribution in [3.05, 3.63) is 92.9 Å². The lowest BCUT2D eigenvalue weighted by Gasteiger charge is -2.31. The molecule has 3 aromatic carbocycles. The van der Waals surface area contributed by atoms with Crippen LogP contribution in [0.2, 0.25) is 0 Å². The van der Waals surface area contributed by atoms with Gasteiger partial charge in [0.05, 0.1) is 22.6 Å². The molecule has 0 bridgehead atoms. The van der Waals surface area contributed by atoms with E-state index in [1.165, 1.54) is 0 Å². The van der Waals surface area contributed by atoms with Crippen LogP contribution in [-0.2, 0) is 0 Å². The Kier molecular flexibility index (Phi) is 7.02. The third-order valence-corrected chi connectivity index (χ3v) is 7.08. The number of hydrogen-bond acceptors (Lipinski definition) is 5. The molecule has 0 saturated heterocycles. The second-order valence-electron chi connectivity index (χ2n) is 9.53.